The van der Waals surface area contributed by atoms with E-state index in [9.17, 15) is 20.4 Å². The van der Waals surface area contributed by atoms with Gasteiger partial charge in [-0.05, 0) is 144 Å². The van der Waals surface area contributed by atoms with Crippen molar-refractivity contribution in [1.29, 1.82) is 0 Å². The van der Waals surface area contributed by atoms with Gasteiger partial charge in [0.05, 0.1) is 23.4 Å². The van der Waals surface area contributed by atoms with Crippen molar-refractivity contribution in [2.24, 2.45) is 35.0 Å². The molecule has 4 N–H and O–H groups in total. The summed E-state index contributed by atoms with van der Waals surface area (Å²) < 4.78 is 0. The summed E-state index contributed by atoms with van der Waals surface area (Å²) in [6.45, 7) is 14.4. The fourth-order valence-electron chi connectivity index (χ4n) is 8.60. The fraction of sp³-hybridized carbons (Fsp3) is 0.824. The van der Waals surface area contributed by atoms with Crippen LogP contribution in [0.25, 0.3) is 0 Å². The Morgan fingerprint density at radius 2 is 1.74 bits per heavy atom. The number of hydrogen-bond acceptors (Lipinski definition) is 4. The number of fused-ring (bicyclic) bond motifs is 1. The predicted molar refractivity (Wildman–Crippen MR) is 155 cm³/mol. The summed E-state index contributed by atoms with van der Waals surface area (Å²) in [7, 11) is 0. The van der Waals surface area contributed by atoms with Crippen LogP contribution in [0.2, 0.25) is 0 Å². The molecular formula is C34H56O4. The van der Waals surface area contributed by atoms with Gasteiger partial charge in [0, 0.05) is 6.42 Å². The van der Waals surface area contributed by atoms with E-state index in [1.807, 2.05) is 27.7 Å². The lowest BCUT2D eigenvalue weighted by Gasteiger charge is -2.45. The molecule has 0 saturated heterocycles. The van der Waals surface area contributed by atoms with E-state index in [4.69, 9.17) is 0 Å². The first kappa shape index (κ1) is 30.0. The third-order valence-corrected chi connectivity index (χ3v) is 10.8. The Kier molecular flexibility index (Phi) is 9.09. The highest BCUT2D eigenvalue weighted by Gasteiger charge is 2.55. The fourth-order valence-corrected chi connectivity index (χ4v) is 8.60. The van der Waals surface area contributed by atoms with E-state index in [2.05, 4.69) is 25.7 Å². The zero-order valence-electron chi connectivity index (χ0n) is 24.9. The van der Waals surface area contributed by atoms with Crippen LogP contribution in [0.5, 0.6) is 0 Å². The molecule has 4 aliphatic rings. The minimum atomic E-state index is -0.636. The maximum absolute atomic E-state index is 10.4. The molecule has 0 unspecified atom stereocenters. The Hall–Kier alpha value is -0.940. The summed E-state index contributed by atoms with van der Waals surface area (Å²) in [5, 5.41) is 41.2. The van der Waals surface area contributed by atoms with Gasteiger partial charge in [-0.3, -0.25) is 0 Å². The third-order valence-electron chi connectivity index (χ3n) is 10.8. The van der Waals surface area contributed by atoms with Crippen LogP contribution >= 0.6 is 0 Å². The minimum Gasteiger partial charge on any atom is -0.393 e. The van der Waals surface area contributed by atoms with E-state index in [1.165, 1.54) is 38.5 Å². The Morgan fingerprint density at radius 3 is 2.42 bits per heavy atom. The van der Waals surface area contributed by atoms with Gasteiger partial charge in [0.1, 0.15) is 0 Å². The molecule has 0 spiro atoms. The summed E-state index contributed by atoms with van der Waals surface area (Å²) in [6.07, 6.45) is 17.0. The molecule has 4 fully saturated rings. The van der Waals surface area contributed by atoms with Crippen molar-refractivity contribution in [2.45, 2.75) is 141 Å². The normalized spacial score (nSPS) is 39.0. The number of aliphatic hydroxyl groups is 4. The van der Waals surface area contributed by atoms with Crippen molar-refractivity contribution in [3.8, 4) is 0 Å². The zero-order valence-corrected chi connectivity index (χ0v) is 24.9. The summed E-state index contributed by atoms with van der Waals surface area (Å²) in [4.78, 5) is 0. The smallest absolute Gasteiger partial charge is 0.0811 e. The van der Waals surface area contributed by atoms with Gasteiger partial charge in [-0.25, -0.2) is 0 Å². The molecule has 0 aromatic carbocycles. The van der Waals surface area contributed by atoms with E-state index < -0.39 is 23.4 Å². The van der Waals surface area contributed by atoms with Gasteiger partial charge in [0.15, 0.2) is 0 Å². The summed E-state index contributed by atoms with van der Waals surface area (Å²) >= 11 is 0. The summed E-state index contributed by atoms with van der Waals surface area (Å²) in [5.74, 6) is 3.55. The van der Waals surface area contributed by atoms with Crippen LogP contribution in [0, 0.1) is 35.0 Å². The van der Waals surface area contributed by atoms with Crippen LogP contribution < -0.4 is 0 Å². The maximum atomic E-state index is 10.4. The first-order valence-corrected chi connectivity index (χ1v) is 15.6. The predicted octanol–water partition coefficient (Wildman–Crippen LogP) is 6.87. The topological polar surface area (TPSA) is 80.9 Å². The molecule has 4 nitrogen and oxygen atoms in total. The second-order valence-corrected chi connectivity index (χ2v) is 15.0. The first-order chi connectivity index (χ1) is 17.7. The average molecular weight is 529 g/mol. The van der Waals surface area contributed by atoms with Crippen LogP contribution in [0.3, 0.4) is 0 Å². The SMILES string of the molecule is C=C1/C(=C\C=C2/CCC[C@]3(C)[C@@H]([C@@H](CCCC(C)(C)O)[C@@H]4C[C@H]4CCC(C)(C)O)CC[C@@H]23)C[C@@H](O)C[C@@H]1O. The van der Waals surface area contributed by atoms with Crippen LogP contribution in [0.15, 0.2) is 35.5 Å². The molecular weight excluding hydrogens is 472 g/mol. The van der Waals surface area contributed by atoms with Crippen molar-refractivity contribution in [1.82, 2.24) is 0 Å². The van der Waals surface area contributed by atoms with Gasteiger partial charge >= 0.3 is 0 Å². The lowest BCUT2D eigenvalue weighted by molar-refractivity contribution is 0.0495. The maximum Gasteiger partial charge on any atom is 0.0811 e. The Labute approximate surface area is 232 Å². The molecule has 216 valence electrons. The van der Waals surface area contributed by atoms with E-state index in [0.29, 0.717) is 30.1 Å². The number of allylic oxidation sites excluding steroid dienone is 3. The van der Waals surface area contributed by atoms with Crippen LogP contribution in [0.1, 0.15) is 118 Å². The lowest BCUT2D eigenvalue weighted by atomic mass is 9.59. The molecule has 0 aromatic heterocycles. The van der Waals surface area contributed by atoms with Crippen molar-refractivity contribution in [3.63, 3.8) is 0 Å². The number of aliphatic hydroxyl groups excluding tert-OH is 2. The molecule has 0 aliphatic heterocycles. The Balaban J connectivity index is 1.51. The van der Waals surface area contributed by atoms with Gasteiger partial charge in [-0.1, -0.05) is 37.6 Å². The Bertz CT molecular complexity index is 902. The van der Waals surface area contributed by atoms with Crippen LogP contribution in [-0.4, -0.2) is 43.8 Å². The number of hydrogen-bond donors (Lipinski definition) is 4. The van der Waals surface area contributed by atoms with Gasteiger partial charge in [-0.2, -0.15) is 0 Å². The van der Waals surface area contributed by atoms with Gasteiger partial charge < -0.3 is 20.4 Å². The molecule has 38 heavy (non-hydrogen) atoms. The highest BCUT2D eigenvalue weighted by molar-refractivity contribution is 5.38. The molecule has 4 aliphatic carbocycles. The van der Waals surface area contributed by atoms with Crippen molar-refractivity contribution >= 4 is 0 Å². The molecule has 8 atom stereocenters. The molecule has 0 heterocycles. The standard InChI is InChI=1S/C34H56O4/c1-22-24(19-26(35)21-31(22)36)12-11-23-9-7-17-34(6)29(23)13-14-30(34)27(10-8-16-32(2,3)37)28-20-25(28)15-18-33(4,5)38/h11-12,25-31,35-38H,1,7-10,13-21H2,2-6H3/b23-11+,24-12-/t25-,26-,27+,28-,29+,30-,31+,34+/m1/s1. The van der Waals surface area contributed by atoms with Gasteiger partial charge in [0.2, 0.25) is 0 Å². The van der Waals surface area contributed by atoms with Crippen molar-refractivity contribution < 1.29 is 20.4 Å². The average Bonchev–Trinajstić information content (AvgIpc) is 3.49. The van der Waals surface area contributed by atoms with Gasteiger partial charge in [0.25, 0.3) is 0 Å². The largest absolute Gasteiger partial charge is 0.393 e. The van der Waals surface area contributed by atoms with E-state index in [-0.39, 0.29) is 0 Å². The lowest BCUT2D eigenvalue weighted by Crippen LogP contribution is -2.37. The number of rotatable bonds is 10. The van der Waals surface area contributed by atoms with Crippen molar-refractivity contribution in [3.05, 3.63) is 35.5 Å². The highest BCUT2D eigenvalue weighted by atomic mass is 16.3. The monoisotopic (exact) mass is 528 g/mol. The molecule has 4 saturated carbocycles. The quantitative estimate of drug-likeness (QED) is 0.249. The summed E-state index contributed by atoms with van der Waals surface area (Å²) in [5.41, 5.74) is 2.46. The highest BCUT2D eigenvalue weighted by Crippen LogP contribution is 2.64. The molecule has 0 radical (unpaired) electrons. The van der Waals surface area contributed by atoms with Crippen LogP contribution in [0.4, 0.5) is 0 Å². The Morgan fingerprint density at radius 1 is 1.03 bits per heavy atom. The molecule has 0 amide bonds. The van der Waals surface area contributed by atoms with Crippen LogP contribution in [-0.2, 0) is 0 Å². The molecule has 4 rings (SSSR count). The van der Waals surface area contributed by atoms with E-state index in [0.717, 1.165) is 61.0 Å². The molecule has 0 aromatic rings. The van der Waals surface area contributed by atoms with Crippen molar-refractivity contribution in [2.75, 3.05) is 0 Å². The summed E-state index contributed by atoms with van der Waals surface area (Å²) in [6, 6.07) is 0. The second kappa shape index (κ2) is 11.5. The second-order valence-electron chi connectivity index (χ2n) is 15.0. The minimum absolute atomic E-state index is 0.313. The molecule has 4 heteroatoms. The molecule has 0 bridgehead atoms. The van der Waals surface area contributed by atoms with Gasteiger partial charge in [-0.15, -0.1) is 0 Å². The van der Waals surface area contributed by atoms with E-state index >= 15 is 0 Å². The first-order valence-electron chi connectivity index (χ1n) is 15.6. The third kappa shape index (κ3) is 7.22. The zero-order chi connectivity index (χ0) is 27.9. The van der Waals surface area contributed by atoms with E-state index in [1.54, 1.807) is 5.57 Å².